The predicted molar refractivity (Wildman–Crippen MR) is 95.4 cm³/mol. The normalized spacial score (nSPS) is 12.3. The van der Waals surface area contributed by atoms with Crippen LogP contribution in [0.25, 0.3) is 15.8 Å². The van der Waals surface area contributed by atoms with Crippen molar-refractivity contribution in [3.05, 3.63) is 56.5 Å². The first-order valence-corrected chi connectivity index (χ1v) is 8.77. The maximum Gasteiger partial charge on any atom is 0.431 e. The van der Waals surface area contributed by atoms with Crippen molar-refractivity contribution in [2.75, 3.05) is 0 Å². The Labute approximate surface area is 155 Å². The Hall–Kier alpha value is -2.46. The van der Waals surface area contributed by atoms with Gasteiger partial charge in [0.25, 0.3) is 5.56 Å². The number of alkyl halides is 3. The van der Waals surface area contributed by atoms with Gasteiger partial charge >= 0.3 is 11.9 Å². The minimum Gasteiger partial charge on any atom is -0.372 e. The molecule has 0 fully saturated rings. The summed E-state index contributed by atoms with van der Waals surface area (Å²) in [5, 5.41) is 0.687. The number of nitrogens with zero attached hydrogens (tertiary/aromatic N) is 3. The van der Waals surface area contributed by atoms with E-state index in [1.807, 2.05) is 13.8 Å². The van der Waals surface area contributed by atoms with Crippen LogP contribution in [0.5, 0.6) is 0 Å². The lowest BCUT2D eigenvalue weighted by Gasteiger charge is -2.14. The number of benzene rings is 1. The average Bonchev–Trinajstić information content (AvgIpc) is 2.98. The molecule has 0 bridgehead atoms. The maximum absolute atomic E-state index is 13.0. The Morgan fingerprint density at radius 3 is 2.56 bits per heavy atom. The van der Waals surface area contributed by atoms with Crippen LogP contribution < -0.4 is 11.2 Å². The molecular weight excluding hydrogens is 383 g/mol. The quantitative estimate of drug-likeness (QED) is 0.676. The number of aromatic nitrogens is 3. The highest BCUT2D eigenvalue weighted by Gasteiger charge is 2.35. The molecule has 0 saturated heterocycles. The molecule has 144 valence electrons. The zero-order chi connectivity index (χ0) is 19.9. The molecule has 0 unspecified atom stereocenters. The summed E-state index contributed by atoms with van der Waals surface area (Å²) < 4.78 is 50.7. The molecule has 1 aromatic carbocycles. The molecule has 0 saturated carbocycles. The standard InChI is InChI=1S/C17H16F3N3O3S/c1-9(2)26-8-12-11-6-10(4-5-13(11)27-21-12)23-15(24)7-14(17(18,19)20)22(3)16(23)25/h4-7,9H,8H2,1-3H3. The molecule has 10 heteroatoms. The molecule has 0 aliphatic carbocycles. The molecule has 0 atom stereocenters. The Kier molecular flexibility index (Phi) is 4.96. The Morgan fingerprint density at radius 2 is 1.93 bits per heavy atom. The molecule has 6 nitrogen and oxygen atoms in total. The van der Waals surface area contributed by atoms with Crippen LogP contribution in [0.1, 0.15) is 25.2 Å². The fraction of sp³-hybridized carbons (Fsp3) is 0.353. The Morgan fingerprint density at radius 1 is 1.22 bits per heavy atom. The summed E-state index contributed by atoms with van der Waals surface area (Å²) in [7, 11) is 0.980. The molecule has 2 aromatic heterocycles. The first-order chi connectivity index (χ1) is 12.6. The van der Waals surface area contributed by atoms with E-state index < -0.39 is 23.1 Å². The fourth-order valence-corrected chi connectivity index (χ4v) is 3.36. The highest BCUT2D eigenvalue weighted by molar-refractivity contribution is 7.13. The van der Waals surface area contributed by atoms with Gasteiger partial charge in [-0.1, -0.05) is 0 Å². The van der Waals surface area contributed by atoms with E-state index in [-0.39, 0.29) is 18.4 Å². The first kappa shape index (κ1) is 19.3. The van der Waals surface area contributed by atoms with Gasteiger partial charge in [0.2, 0.25) is 0 Å². The van der Waals surface area contributed by atoms with Gasteiger partial charge in [0.05, 0.1) is 28.8 Å². The van der Waals surface area contributed by atoms with Crippen molar-refractivity contribution in [3.8, 4) is 5.69 Å². The predicted octanol–water partition coefficient (Wildman–Crippen LogP) is 3.09. The number of hydrogen-bond donors (Lipinski definition) is 0. The molecule has 0 radical (unpaired) electrons. The second-order valence-electron chi connectivity index (χ2n) is 6.21. The lowest BCUT2D eigenvalue weighted by molar-refractivity contribution is -0.144. The average molecular weight is 399 g/mol. The van der Waals surface area contributed by atoms with E-state index in [1.54, 1.807) is 12.1 Å². The van der Waals surface area contributed by atoms with Crippen molar-refractivity contribution in [1.29, 1.82) is 0 Å². The first-order valence-electron chi connectivity index (χ1n) is 8.00. The van der Waals surface area contributed by atoms with Gasteiger partial charge in [0.15, 0.2) is 0 Å². The highest BCUT2D eigenvalue weighted by Crippen LogP contribution is 2.28. The summed E-state index contributed by atoms with van der Waals surface area (Å²) >= 11 is 1.24. The SMILES string of the molecule is CC(C)OCc1nsc2ccc(-n3c(=O)cc(C(F)(F)F)n(C)c3=O)cc12. The van der Waals surface area contributed by atoms with Crippen LogP contribution in [0, 0.1) is 0 Å². The van der Waals surface area contributed by atoms with Crippen LogP contribution in [0.3, 0.4) is 0 Å². The van der Waals surface area contributed by atoms with Crippen molar-refractivity contribution in [2.24, 2.45) is 7.05 Å². The van der Waals surface area contributed by atoms with Gasteiger partial charge in [-0.15, -0.1) is 0 Å². The molecule has 3 aromatic rings. The minimum absolute atomic E-state index is 0.00485. The van der Waals surface area contributed by atoms with Crippen molar-refractivity contribution in [2.45, 2.75) is 32.7 Å². The lowest BCUT2D eigenvalue weighted by atomic mass is 10.2. The van der Waals surface area contributed by atoms with Gasteiger partial charge in [-0.05, 0) is 43.6 Å². The van der Waals surface area contributed by atoms with E-state index in [4.69, 9.17) is 4.74 Å². The summed E-state index contributed by atoms with van der Waals surface area (Å²) in [6, 6.07) is 5.16. The van der Waals surface area contributed by atoms with Crippen molar-refractivity contribution < 1.29 is 17.9 Å². The van der Waals surface area contributed by atoms with Gasteiger partial charge in [-0.3, -0.25) is 9.36 Å². The lowest BCUT2D eigenvalue weighted by Crippen LogP contribution is -2.40. The zero-order valence-corrected chi connectivity index (χ0v) is 15.5. The van der Waals surface area contributed by atoms with Gasteiger partial charge in [0, 0.05) is 18.5 Å². The zero-order valence-electron chi connectivity index (χ0n) is 14.7. The van der Waals surface area contributed by atoms with Gasteiger partial charge in [-0.2, -0.15) is 17.5 Å². The summed E-state index contributed by atoms with van der Waals surface area (Å²) in [6.45, 7) is 4.01. The third-order valence-electron chi connectivity index (χ3n) is 3.95. The summed E-state index contributed by atoms with van der Waals surface area (Å²) in [5.74, 6) is 0. The van der Waals surface area contributed by atoms with Crippen LogP contribution in [-0.2, 0) is 24.6 Å². The molecule has 0 aliphatic rings. The largest absolute Gasteiger partial charge is 0.431 e. The summed E-state index contributed by atoms with van der Waals surface area (Å²) in [5.41, 5.74) is -2.60. The topological polar surface area (TPSA) is 66.1 Å². The molecule has 0 N–H and O–H groups in total. The van der Waals surface area contributed by atoms with Crippen LogP contribution >= 0.6 is 11.5 Å². The fourth-order valence-electron chi connectivity index (χ4n) is 2.60. The van der Waals surface area contributed by atoms with Crippen molar-refractivity contribution >= 4 is 21.6 Å². The molecule has 0 spiro atoms. The van der Waals surface area contributed by atoms with Crippen LogP contribution in [0.2, 0.25) is 0 Å². The van der Waals surface area contributed by atoms with Crippen molar-refractivity contribution in [1.82, 2.24) is 13.5 Å². The summed E-state index contributed by atoms with van der Waals surface area (Å²) in [6.07, 6.45) is -4.80. The Bertz CT molecular complexity index is 1110. The number of fused-ring (bicyclic) bond motifs is 1. The third-order valence-corrected chi connectivity index (χ3v) is 4.81. The van der Waals surface area contributed by atoms with Crippen LogP contribution in [0.4, 0.5) is 13.2 Å². The molecule has 0 aliphatic heterocycles. The van der Waals surface area contributed by atoms with Gasteiger partial charge in [0.1, 0.15) is 5.69 Å². The van der Waals surface area contributed by atoms with Crippen LogP contribution in [0.15, 0.2) is 33.9 Å². The van der Waals surface area contributed by atoms with E-state index in [0.29, 0.717) is 26.3 Å². The minimum atomic E-state index is -4.80. The smallest absolute Gasteiger partial charge is 0.372 e. The molecule has 27 heavy (non-hydrogen) atoms. The van der Waals surface area contributed by atoms with Gasteiger partial charge < -0.3 is 4.74 Å². The second kappa shape index (κ2) is 6.93. The second-order valence-corrected chi connectivity index (χ2v) is 7.02. The molecular formula is C17H16F3N3O3S. The van der Waals surface area contributed by atoms with E-state index in [0.717, 1.165) is 11.7 Å². The number of rotatable bonds is 4. The monoisotopic (exact) mass is 399 g/mol. The Balaban J connectivity index is 2.16. The number of halogens is 3. The number of hydrogen-bond acceptors (Lipinski definition) is 5. The highest BCUT2D eigenvalue weighted by atomic mass is 32.1. The van der Waals surface area contributed by atoms with Crippen molar-refractivity contribution in [3.63, 3.8) is 0 Å². The van der Waals surface area contributed by atoms with E-state index in [2.05, 4.69) is 4.37 Å². The summed E-state index contributed by atoms with van der Waals surface area (Å²) in [4.78, 5) is 24.7. The maximum atomic E-state index is 13.0. The third kappa shape index (κ3) is 3.67. The number of ether oxygens (including phenoxy) is 1. The molecule has 0 amide bonds. The van der Waals surface area contributed by atoms with E-state index >= 15 is 0 Å². The van der Waals surface area contributed by atoms with E-state index in [9.17, 15) is 22.8 Å². The van der Waals surface area contributed by atoms with E-state index in [1.165, 1.54) is 17.6 Å². The van der Waals surface area contributed by atoms with Crippen LogP contribution in [-0.4, -0.2) is 19.6 Å². The van der Waals surface area contributed by atoms with Gasteiger partial charge in [-0.25, -0.2) is 9.36 Å². The molecule has 3 rings (SSSR count). The molecule has 2 heterocycles.